The Morgan fingerprint density at radius 1 is 1.22 bits per heavy atom. The van der Waals surface area contributed by atoms with Gasteiger partial charge in [0.1, 0.15) is 5.82 Å². The first-order valence-electron chi connectivity index (χ1n) is 6.07. The lowest BCUT2D eigenvalue weighted by Gasteiger charge is -1.97. The molecule has 88 valence electrons. The Bertz CT molecular complexity index is 674. The van der Waals surface area contributed by atoms with E-state index in [-0.39, 0.29) is 0 Å². The Balaban J connectivity index is 1.90. The van der Waals surface area contributed by atoms with Crippen LogP contribution in [0.3, 0.4) is 0 Å². The minimum Gasteiger partial charge on any atom is -0.384 e. The lowest BCUT2D eigenvalue weighted by atomic mass is 10.1. The van der Waals surface area contributed by atoms with Crippen LogP contribution in [0, 0.1) is 0 Å². The summed E-state index contributed by atoms with van der Waals surface area (Å²) in [5, 5.41) is 3.38. The first kappa shape index (κ1) is 9.65. The van der Waals surface area contributed by atoms with Crippen molar-refractivity contribution in [3.8, 4) is 11.4 Å². The van der Waals surface area contributed by atoms with Crippen LogP contribution < -0.4 is 5.32 Å². The van der Waals surface area contributed by atoms with Crippen LogP contribution in [-0.2, 0) is 6.42 Å². The summed E-state index contributed by atoms with van der Waals surface area (Å²) in [4.78, 5) is 12.1. The molecule has 2 aromatic heterocycles. The van der Waals surface area contributed by atoms with Crippen LogP contribution in [0.1, 0.15) is 5.56 Å². The van der Waals surface area contributed by atoms with E-state index in [1.54, 1.807) is 6.20 Å². The highest BCUT2D eigenvalue weighted by Crippen LogP contribution is 2.28. The van der Waals surface area contributed by atoms with Crippen molar-refractivity contribution >= 4 is 16.7 Å². The molecule has 0 spiro atoms. The van der Waals surface area contributed by atoms with E-state index in [4.69, 9.17) is 0 Å². The molecule has 4 nitrogen and oxygen atoms in total. The minimum atomic E-state index is 0.877. The standard InChI is InChI=1S/C14H12N4/c1-2-10(8-15-4-1)14-17-12-6-9-3-5-16-11(9)7-13(12)18-14/h1-2,4,6-8,16H,3,5H2,(H,17,18). The molecule has 2 N–H and O–H groups in total. The molecule has 0 radical (unpaired) electrons. The number of hydrogen-bond donors (Lipinski definition) is 2. The topological polar surface area (TPSA) is 53.6 Å². The van der Waals surface area contributed by atoms with E-state index in [2.05, 4.69) is 32.4 Å². The van der Waals surface area contributed by atoms with Crippen molar-refractivity contribution in [3.63, 3.8) is 0 Å². The van der Waals surface area contributed by atoms with Gasteiger partial charge in [-0.2, -0.15) is 0 Å². The van der Waals surface area contributed by atoms with Crippen molar-refractivity contribution in [1.29, 1.82) is 0 Å². The molecule has 0 amide bonds. The fourth-order valence-corrected chi connectivity index (χ4v) is 2.44. The fourth-order valence-electron chi connectivity index (χ4n) is 2.44. The van der Waals surface area contributed by atoms with Gasteiger partial charge in [0.2, 0.25) is 0 Å². The average Bonchev–Trinajstić information content (AvgIpc) is 3.01. The summed E-state index contributed by atoms with van der Waals surface area (Å²) >= 11 is 0. The van der Waals surface area contributed by atoms with Crippen LogP contribution in [0.25, 0.3) is 22.4 Å². The molecule has 4 rings (SSSR count). The molecule has 3 heterocycles. The van der Waals surface area contributed by atoms with Gasteiger partial charge < -0.3 is 10.3 Å². The molecule has 18 heavy (non-hydrogen) atoms. The molecular weight excluding hydrogens is 224 g/mol. The van der Waals surface area contributed by atoms with Crippen LogP contribution in [0.15, 0.2) is 36.7 Å². The van der Waals surface area contributed by atoms with E-state index in [1.807, 2.05) is 18.3 Å². The summed E-state index contributed by atoms with van der Waals surface area (Å²) in [6.07, 6.45) is 4.68. The second-order valence-electron chi connectivity index (χ2n) is 4.53. The number of pyridine rings is 1. The Morgan fingerprint density at radius 3 is 3.11 bits per heavy atom. The number of nitrogens with one attached hydrogen (secondary N) is 2. The summed E-state index contributed by atoms with van der Waals surface area (Å²) in [6.45, 7) is 1.03. The predicted octanol–water partition coefficient (Wildman–Crippen LogP) is 2.59. The van der Waals surface area contributed by atoms with E-state index in [1.165, 1.54) is 11.3 Å². The van der Waals surface area contributed by atoms with Gasteiger partial charge in [0.25, 0.3) is 0 Å². The fraction of sp³-hybridized carbons (Fsp3) is 0.143. The summed E-state index contributed by atoms with van der Waals surface area (Å²) in [5.41, 5.74) is 5.69. The predicted molar refractivity (Wildman–Crippen MR) is 71.5 cm³/mol. The monoisotopic (exact) mass is 236 g/mol. The Morgan fingerprint density at radius 2 is 2.22 bits per heavy atom. The van der Waals surface area contributed by atoms with Gasteiger partial charge >= 0.3 is 0 Å². The molecular formula is C14H12N4. The molecule has 4 heteroatoms. The first-order valence-corrected chi connectivity index (χ1v) is 6.07. The summed E-state index contributed by atoms with van der Waals surface area (Å²) in [7, 11) is 0. The molecule has 0 bridgehead atoms. The molecule has 0 unspecified atom stereocenters. The van der Waals surface area contributed by atoms with Crippen molar-refractivity contribution in [2.45, 2.75) is 6.42 Å². The maximum absolute atomic E-state index is 4.62. The zero-order valence-electron chi connectivity index (χ0n) is 9.77. The molecule has 1 aliphatic rings. The first-order chi connectivity index (χ1) is 8.90. The summed E-state index contributed by atoms with van der Waals surface area (Å²) in [5.74, 6) is 0.877. The van der Waals surface area contributed by atoms with Gasteiger partial charge in [-0.15, -0.1) is 0 Å². The number of benzene rings is 1. The molecule has 0 aliphatic carbocycles. The van der Waals surface area contributed by atoms with Gasteiger partial charge in [-0.3, -0.25) is 4.98 Å². The van der Waals surface area contributed by atoms with E-state index >= 15 is 0 Å². The lowest BCUT2D eigenvalue weighted by molar-refractivity contribution is 1.11. The number of hydrogen-bond acceptors (Lipinski definition) is 3. The third-order valence-corrected chi connectivity index (χ3v) is 3.35. The van der Waals surface area contributed by atoms with Crippen LogP contribution in [0.5, 0.6) is 0 Å². The SMILES string of the molecule is c1cncc(-c2nc3cc4c(cc3[nH]2)CCN4)c1. The van der Waals surface area contributed by atoms with Crippen molar-refractivity contribution < 1.29 is 0 Å². The molecule has 1 aromatic carbocycles. The van der Waals surface area contributed by atoms with Gasteiger partial charge in [0, 0.05) is 30.2 Å². The molecule has 0 fully saturated rings. The normalized spacial score (nSPS) is 13.6. The number of aromatic nitrogens is 3. The Labute approximate surface area is 104 Å². The van der Waals surface area contributed by atoms with Crippen molar-refractivity contribution in [3.05, 3.63) is 42.2 Å². The van der Waals surface area contributed by atoms with Gasteiger partial charge in [-0.1, -0.05) is 0 Å². The number of fused-ring (bicyclic) bond motifs is 2. The number of imidazole rings is 1. The van der Waals surface area contributed by atoms with Gasteiger partial charge in [0.05, 0.1) is 11.0 Å². The van der Waals surface area contributed by atoms with Crippen molar-refractivity contribution in [1.82, 2.24) is 15.0 Å². The Kier molecular flexibility index (Phi) is 1.91. The number of aromatic amines is 1. The highest BCUT2D eigenvalue weighted by Gasteiger charge is 2.13. The quantitative estimate of drug-likeness (QED) is 0.682. The van der Waals surface area contributed by atoms with Gasteiger partial charge in [-0.25, -0.2) is 4.98 Å². The lowest BCUT2D eigenvalue weighted by Crippen LogP contribution is -1.90. The number of rotatable bonds is 1. The minimum absolute atomic E-state index is 0.877. The van der Waals surface area contributed by atoms with Gasteiger partial charge in [-0.05, 0) is 36.2 Å². The third kappa shape index (κ3) is 1.39. The van der Waals surface area contributed by atoms with Crippen LogP contribution in [0.2, 0.25) is 0 Å². The van der Waals surface area contributed by atoms with Crippen LogP contribution >= 0.6 is 0 Å². The molecule has 3 aromatic rings. The molecule has 1 aliphatic heterocycles. The number of anilines is 1. The average molecular weight is 236 g/mol. The number of nitrogens with zero attached hydrogens (tertiary/aromatic N) is 2. The van der Waals surface area contributed by atoms with E-state index in [9.17, 15) is 0 Å². The highest BCUT2D eigenvalue weighted by molar-refractivity contribution is 5.85. The summed E-state index contributed by atoms with van der Waals surface area (Å²) < 4.78 is 0. The smallest absolute Gasteiger partial charge is 0.140 e. The maximum atomic E-state index is 4.62. The van der Waals surface area contributed by atoms with Crippen LogP contribution in [0.4, 0.5) is 5.69 Å². The van der Waals surface area contributed by atoms with Crippen LogP contribution in [-0.4, -0.2) is 21.5 Å². The zero-order valence-corrected chi connectivity index (χ0v) is 9.77. The molecule has 0 saturated carbocycles. The van der Waals surface area contributed by atoms with Crippen molar-refractivity contribution in [2.24, 2.45) is 0 Å². The molecule has 0 saturated heterocycles. The van der Waals surface area contributed by atoms with E-state index in [0.29, 0.717) is 0 Å². The third-order valence-electron chi connectivity index (χ3n) is 3.35. The Hall–Kier alpha value is -2.36. The zero-order chi connectivity index (χ0) is 11.9. The second-order valence-corrected chi connectivity index (χ2v) is 4.53. The largest absolute Gasteiger partial charge is 0.384 e. The number of H-pyrrole nitrogens is 1. The van der Waals surface area contributed by atoms with E-state index in [0.717, 1.165) is 35.4 Å². The summed E-state index contributed by atoms with van der Waals surface area (Å²) in [6, 6.07) is 8.24. The second kappa shape index (κ2) is 3.57. The van der Waals surface area contributed by atoms with Crippen molar-refractivity contribution in [2.75, 3.05) is 11.9 Å². The highest BCUT2D eigenvalue weighted by atomic mass is 14.9. The molecule has 0 atom stereocenters. The van der Waals surface area contributed by atoms with Gasteiger partial charge in [0.15, 0.2) is 0 Å². The maximum Gasteiger partial charge on any atom is 0.140 e. The van der Waals surface area contributed by atoms with E-state index < -0.39 is 0 Å².